The number of hydrogen-bond acceptors (Lipinski definition) is 3. The van der Waals surface area contributed by atoms with Crippen molar-refractivity contribution in [2.24, 2.45) is 5.92 Å². The van der Waals surface area contributed by atoms with Crippen LogP contribution < -0.4 is 0 Å². The van der Waals surface area contributed by atoms with Crippen LogP contribution in [-0.2, 0) is 22.4 Å². The highest BCUT2D eigenvalue weighted by Crippen LogP contribution is 2.18. The average molecular weight is 323 g/mol. The molecular formula is C21H25NO2. The Hall–Kier alpha value is -2.42. The molecule has 1 N–H and O–H groups in total. The molecule has 0 aliphatic carbocycles. The van der Waals surface area contributed by atoms with Crippen molar-refractivity contribution in [3.8, 4) is 0 Å². The molecule has 126 valence electrons. The molecule has 0 heterocycles. The van der Waals surface area contributed by atoms with Gasteiger partial charge in [0.2, 0.25) is 0 Å². The molecule has 1 atom stereocenters. The van der Waals surface area contributed by atoms with Crippen molar-refractivity contribution in [3.63, 3.8) is 0 Å². The lowest BCUT2D eigenvalue weighted by molar-refractivity contribution is -0.145. The Kier molecular flexibility index (Phi) is 7.21. The van der Waals surface area contributed by atoms with Gasteiger partial charge in [-0.05, 0) is 36.8 Å². The van der Waals surface area contributed by atoms with Crippen molar-refractivity contribution >= 4 is 11.7 Å². The molecule has 2 aromatic rings. The van der Waals surface area contributed by atoms with Gasteiger partial charge in [-0.1, -0.05) is 60.7 Å². The van der Waals surface area contributed by atoms with Crippen molar-refractivity contribution in [3.05, 3.63) is 71.8 Å². The monoisotopic (exact) mass is 323 g/mol. The summed E-state index contributed by atoms with van der Waals surface area (Å²) in [6.07, 6.45) is 3.67. The van der Waals surface area contributed by atoms with E-state index in [1.165, 1.54) is 12.7 Å². The normalized spacial score (nSPS) is 11.7. The molecule has 24 heavy (non-hydrogen) atoms. The third-order valence-corrected chi connectivity index (χ3v) is 4.15. The molecule has 3 heteroatoms. The summed E-state index contributed by atoms with van der Waals surface area (Å²) in [5, 5.41) is 8.22. The summed E-state index contributed by atoms with van der Waals surface area (Å²) in [4.78, 5) is 12.0. The Morgan fingerprint density at radius 1 is 1.00 bits per heavy atom. The third-order valence-electron chi connectivity index (χ3n) is 4.15. The summed E-state index contributed by atoms with van der Waals surface area (Å²) in [6, 6.07) is 20.2. The second kappa shape index (κ2) is 9.66. The number of benzene rings is 2. The molecule has 0 radical (unpaired) electrons. The van der Waals surface area contributed by atoms with Crippen LogP contribution in [0.5, 0.6) is 0 Å². The minimum absolute atomic E-state index is 0.208. The van der Waals surface area contributed by atoms with E-state index in [0.29, 0.717) is 18.6 Å². The van der Waals surface area contributed by atoms with Crippen molar-refractivity contribution in [1.29, 1.82) is 5.41 Å². The van der Waals surface area contributed by atoms with E-state index in [4.69, 9.17) is 10.1 Å². The number of methoxy groups -OCH3 is 1. The highest BCUT2D eigenvalue weighted by molar-refractivity contribution is 5.87. The largest absolute Gasteiger partial charge is 0.469 e. The fourth-order valence-electron chi connectivity index (χ4n) is 2.88. The Morgan fingerprint density at radius 3 is 2.17 bits per heavy atom. The summed E-state index contributed by atoms with van der Waals surface area (Å²) in [7, 11) is 1.42. The van der Waals surface area contributed by atoms with Crippen LogP contribution in [0.2, 0.25) is 0 Å². The standard InChI is InChI=1S/C21H25NO2/c1-24-21(23)19(14-8-13-17-9-4-2-5-10-17)16-20(22)15-18-11-6-3-7-12-18/h2-7,9-12,19,22H,8,13-16H2,1H3. The Bertz CT molecular complexity index is 637. The summed E-state index contributed by atoms with van der Waals surface area (Å²) in [6.45, 7) is 0. The summed E-state index contributed by atoms with van der Waals surface area (Å²) in [5.74, 6) is -0.434. The zero-order valence-electron chi connectivity index (χ0n) is 14.2. The maximum absolute atomic E-state index is 12.0. The fourth-order valence-corrected chi connectivity index (χ4v) is 2.88. The van der Waals surface area contributed by atoms with E-state index in [2.05, 4.69) is 12.1 Å². The van der Waals surface area contributed by atoms with Gasteiger partial charge in [-0.25, -0.2) is 0 Å². The number of rotatable bonds is 9. The van der Waals surface area contributed by atoms with Crippen LogP contribution in [0.1, 0.15) is 30.4 Å². The lowest BCUT2D eigenvalue weighted by Crippen LogP contribution is -2.20. The first-order chi connectivity index (χ1) is 11.7. The maximum Gasteiger partial charge on any atom is 0.309 e. The Balaban J connectivity index is 1.85. The second-order valence-electron chi connectivity index (χ2n) is 6.07. The Morgan fingerprint density at radius 2 is 1.58 bits per heavy atom. The number of carbonyl (C=O) groups is 1. The minimum Gasteiger partial charge on any atom is -0.469 e. The molecule has 0 aromatic heterocycles. The van der Waals surface area contributed by atoms with E-state index in [1.54, 1.807) is 0 Å². The minimum atomic E-state index is -0.227. The number of esters is 1. The second-order valence-corrected chi connectivity index (χ2v) is 6.07. The van der Waals surface area contributed by atoms with Gasteiger partial charge in [0.05, 0.1) is 13.0 Å². The number of hydrogen-bond donors (Lipinski definition) is 1. The van der Waals surface area contributed by atoms with E-state index in [0.717, 1.165) is 24.8 Å². The quantitative estimate of drug-likeness (QED) is 0.547. The molecule has 0 amide bonds. The Labute approximate surface area is 144 Å². The summed E-state index contributed by atoms with van der Waals surface area (Å²) in [5.41, 5.74) is 2.96. The lowest BCUT2D eigenvalue weighted by atomic mass is 9.92. The molecule has 2 rings (SSSR count). The lowest BCUT2D eigenvalue weighted by Gasteiger charge is -2.15. The number of aryl methyl sites for hydroxylation is 1. The smallest absolute Gasteiger partial charge is 0.309 e. The van der Waals surface area contributed by atoms with Gasteiger partial charge < -0.3 is 10.1 Å². The van der Waals surface area contributed by atoms with Crippen LogP contribution in [-0.4, -0.2) is 18.8 Å². The maximum atomic E-state index is 12.0. The van der Waals surface area contributed by atoms with Crippen LogP contribution in [0.4, 0.5) is 0 Å². The van der Waals surface area contributed by atoms with Crippen LogP contribution >= 0.6 is 0 Å². The predicted molar refractivity (Wildman–Crippen MR) is 97.4 cm³/mol. The molecule has 1 unspecified atom stereocenters. The molecule has 0 fully saturated rings. The van der Waals surface area contributed by atoms with Gasteiger partial charge in [-0.15, -0.1) is 0 Å². The number of nitrogens with one attached hydrogen (secondary N) is 1. The van der Waals surface area contributed by atoms with Crippen molar-refractivity contribution in [2.45, 2.75) is 32.1 Å². The van der Waals surface area contributed by atoms with E-state index in [1.807, 2.05) is 48.5 Å². The predicted octanol–water partition coefficient (Wildman–Crippen LogP) is 4.45. The summed E-state index contributed by atoms with van der Waals surface area (Å²) < 4.78 is 4.93. The van der Waals surface area contributed by atoms with Gasteiger partial charge in [0.25, 0.3) is 0 Å². The van der Waals surface area contributed by atoms with Crippen molar-refractivity contribution in [2.75, 3.05) is 7.11 Å². The number of ether oxygens (including phenoxy) is 1. The first-order valence-corrected chi connectivity index (χ1v) is 8.41. The highest BCUT2D eigenvalue weighted by Gasteiger charge is 2.20. The van der Waals surface area contributed by atoms with Gasteiger partial charge in [0.1, 0.15) is 0 Å². The van der Waals surface area contributed by atoms with E-state index in [9.17, 15) is 4.79 Å². The van der Waals surface area contributed by atoms with Crippen molar-refractivity contribution < 1.29 is 9.53 Å². The molecule has 0 saturated carbocycles. The third kappa shape index (κ3) is 5.99. The molecule has 0 aliphatic heterocycles. The fraction of sp³-hybridized carbons (Fsp3) is 0.333. The van der Waals surface area contributed by atoms with Crippen molar-refractivity contribution in [1.82, 2.24) is 0 Å². The first kappa shape index (κ1) is 17.9. The zero-order valence-corrected chi connectivity index (χ0v) is 14.2. The molecule has 0 spiro atoms. The molecule has 0 bridgehead atoms. The van der Waals surface area contributed by atoms with Crippen LogP contribution in [0.15, 0.2) is 60.7 Å². The average Bonchev–Trinajstić information content (AvgIpc) is 2.62. The van der Waals surface area contributed by atoms with Crippen LogP contribution in [0, 0.1) is 11.3 Å². The SMILES string of the molecule is COC(=O)C(CCCc1ccccc1)CC(=N)Cc1ccccc1. The molecule has 0 saturated heterocycles. The van der Waals surface area contributed by atoms with Gasteiger partial charge in [0, 0.05) is 12.1 Å². The van der Waals surface area contributed by atoms with Crippen LogP contribution in [0.25, 0.3) is 0 Å². The van der Waals surface area contributed by atoms with Gasteiger partial charge in [-0.2, -0.15) is 0 Å². The van der Waals surface area contributed by atoms with Crippen LogP contribution in [0.3, 0.4) is 0 Å². The van der Waals surface area contributed by atoms with Gasteiger partial charge in [-0.3, -0.25) is 4.79 Å². The number of carbonyl (C=O) groups excluding carboxylic acids is 1. The molecule has 2 aromatic carbocycles. The first-order valence-electron chi connectivity index (χ1n) is 8.41. The van der Waals surface area contributed by atoms with Gasteiger partial charge >= 0.3 is 5.97 Å². The molecule has 0 aliphatic rings. The van der Waals surface area contributed by atoms with E-state index in [-0.39, 0.29) is 11.9 Å². The molecule has 3 nitrogen and oxygen atoms in total. The topological polar surface area (TPSA) is 50.2 Å². The molecular weight excluding hydrogens is 298 g/mol. The summed E-state index contributed by atoms with van der Waals surface area (Å²) >= 11 is 0. The van der Waals surface area contributed by atoms with E-state index < -0.39 is 0 Å². The van der Waals surface area contributed by atoms with Gasteiger partial charge in [0.15, 0.2) is 0 Å². The highest BCUT2D eigenvalue weighted by atomic mass is 16.5. The zero-order chi connectivity index (χ0) is 17.2. The van der Waals surface area contributed by atoms with E-state index >= 15 is 0 Å².